The van der Waals surface area contributed by atoms with Crippen LogP contribution in [0.2, 0.25) is 0 Å². The molecule has 4 nitrogen and oxygen atoms in total. The molecule has 0 aliphatic rings. The molecule has 0 bridgehead atoms. The topological polar surface area (TPSA) is 64.4 Å². The molecule has 0 heterocycles. The van der Waals surface area contributed by atoms with Gasteiger partial charge in [0.1, 0.15) is 5.75 Å². The van der Waals surface area contributed by atoms with Crippen LogP contribution in [0.25, 0.3) is 0 Å². The summed E-state index contributed by atoms with van der Waals surface area (Å²) in [5.41, 5.74) is 8.86. The predicted octanol–water partition coefficient (Wildman–Crippen LogP) is 3.96. The summed E-state index contributed by atoms with van der Waals surface area (Å²) in [4.78, 5) is 12.3. The normalized spacial score (nSPS) is 10.2. The number of nitrogens with one attached hydrogen (secondary N) is 1. The lowest BCUT2D eigenvalue weighted by atomic mass is 10.1. The Kier molecular flexibility index (Phi) is 7.59. The van der Waals surface area contributed by atoms with Crippen molar-refractivity contribution >= 4 is 24.0 Å². The fourth-order valence-electron chi connectivity index (χ4n) is 2.17. The van der Waals surface area contributed by atoms with Crippen LogP contribution in [0, 0.1) is 12.8 Å². The first-order valence-corrected chi connectivity index (χ1v) is 7.82. The minimum atomic E-state index is -0.122. The van der Waals surface area contributed by atoms with Crippen LogP contribution in [-0.2, 0) is 6.54 Å². The van der Waals surface area contributed by atoms with Crippen molar-refractivity contribution in [3.8, 4) is 5.75 Å². The number of nitrogen functional groups attached to an aromatic ring is 1. The van der Waals surface area contributed by atoms with Crippen LogP contribution in [0.1, 0.15) is 35.3 Å². The molecule has 2 rings (SSSR count). The monoisotopic (exact) mass is 348 g/mol. The van der Waals surface area contributed by atoms with Crippen molar-refractivity contribution in [1.29, 1.82) is 0 Å². The Morgan fingerprint density at radius 2 is 1.96 bits per heavy atom. The summed E-state index contributed by atoms with van der Waals surface area (Å²) in [6, 6.07) is 13.1. The van der Waals surface area contributed by atoms with Gasteiger partial charge >= 0.3 is 0 Å². The molecule has 0 aliphatic carbocycles. The Morgan fingerprint density at radius 1 is 1.21 bits per heavy atom. The minimum Gasteiger partial charge on any atom is -0.493 e. The van der Waals surface area contributed by atoms with Gasteiger partial charge in [0.2, 0.25) is 0 Å². The molecule has 2 aromatic carbocycles. The van der Waals surface area contributed by atoms with Crippen LogP contribution in [0.15, 0.2) is 42.5 Å². The molecular formula is C19H25ClN2O2. The van der Waals surface area contributed by atoms with Gasteiger partial charge in [-0.25, -0.2) is 0 Å². The van der Waals surface area contributed by atoms with Gasteiger partial charge in [-0.15, -0.1) is 12.4 Å². The predicted molar refractivity (Wildman–Crippen MR) is 101 cm³/mol. The smallest absolute Gasteiger partial charge is 0.251 e. The Balaban J connectivity index is 0.00000288. The molecule has 5 heteroatoms. The molecule has 0 radical (unpaired) electrons. The van der Waals surface area contributed by atoms with Gasteiger partial charge in [-0.2, -0.15) is 0 Å². The number of benzene rings is 2. The van der Waals surface area contributed by atoms with Crippen LogP contribution in [0.3, 0.4) is 0 Å². The molecule has 0 aromatic heterocycles. The van der Waals surface area contributed by atoms with E-state index in [0.717, 1.165) is 16.9 Å². The van der Waals surface area contributed by atoms with Gasteiger partial charge in [0.15, 0.2) is 0 Å². The molecule has 0 saturated heterocycles. The van der Waals surface area contributed by atoms with Crippen molar-refractivity contribution in [2.24, 2.45) is 5.92 Å². The number of halogens is 1. The third kappa shape index (κ3) is 5.78. The van der Waals surface area contributed by atoms with Crippen LogP contribution in [-0.4, -0.2) is 12.5 Å². The van der Waals surface area contributed by atoms with E-state index in [-0.39, 0.29) is 18.3 Å². The van der Waals surface area contributed by atoms with E-state index >= 15 is 0 Å². The van der Waals surface area contributed by atoms with Crippen molar-refractivity contribution in [3.63, 3.8) is 0 Å². The maximum atomic E-state index is 12.3. The summed E-state index contributed by atoms with van der Waals surface area (Å²) in [5, 5.41) is 2.93. The summed E-state index contributed by atoms with van der Waals surface area (Å²) in [7, 11) is 0. The number of aryl methyl sites for hydroxylation is 1. The lowest BCUT2D eigenvalue weighted by molar-refractivity contribution is 0.0950. The average Bonchev–Trinajstić information content (AvgIpc) is 2.53. The van der Waals surface area contributed by atoms with E-state index in [4.69, 9.17) is 10.5 Å². The van der Waals surface area contributed by atoms with E-state index in [2.05, 4.69) is 19.2 Å². The van der Waals surface area contributed by atoms with E-state index in [9.17, 15) is 4.79 Å². The van der Waals surface area contributed by atoms with Crippen molar-refractivity contribution in [2.45, 2.75) is 27.3 Å². The Morgan fingerprint density at radius 3 is 2.67 bits per heavy atom. The van der Waals surface area contributed by atoms with Gasteiger partial charge in [0.25, 0.3) is 5.91 Å². The zero-order chi connectivity index (χ0) is 16.8. The first kappa shape index (κ1) is 19.8. The maximum absolute atomic E-state index is 12.3. The zero-order valence-electron chi connectivity index (χ0n) is 14.3. The Labute approximate surface area is 149 Å². The molecule has 0 fully saturated rings. The highest BCUT2D eigenvalue weighted by atomic mass is 35.5. The number of anilines is 1. The van der Waals surface area contributed by atoms with Gasteiger partial charge in [0, 0.05) is 17.8 Å². The maximum Gasteiger partial charge on any atom is 0.251 e. The molecule has 130 valence electrons. The first-order chi connectivity index (χ1) is 11.0. The second-order valence-corrected chi connectivity index (χ2v) is 6.11. The lowest BCUT2D eigenvalue weighted by Gasteiger charge is -2.11. The summed E-state index contributed by atoms with van der Waals surface area (Å²) >= 11 is 0. The second kappa shape index (κ2) is 9.18. The van der Waals surface area contributed by atoms with Gasteiger partial charge in [-0.05, 0) is 48.2 Å². The number of amides is 1. The van der Waals surface area contributed by atoms with Crippen molar-refractivity contribution < 1.29 is 9.53 Å². The number of carbonyl (C=O) groups is 1. The summed E-state index contributed by atoms with van der Waals surface area (Å²) in [6.45, 7) is 7.24. The molecule has 24 heavy (non-hydrogen) atoms. The lowest BCUT2D eigenvalue weighted by Crippen LogP contribution is -2.23. The first-order valence-electron chi connectivity index (χ1n) is 7.82. The molecular weight excluding hydrogens is 324 g/mol. The van der Waals surface area contributed by atoms with Crippen molar-refractivity contribution in [3.05, 3.63) is 59.2 Å². The third-order valence-corrected chi connectivity index (χ3v) is 3.44. The molecule has 3 N–H and O–H groups in total. The van der Waals surface area contributed by atoms with Crippen molar-refractivity contribution in [2.75, 3.05) is 12.3 Å². The molecule has 0 unspecified atom stereocenters. The number of carbonyl (C=O) groups excluding carboxylic acids is 1. The van der Waals surface area contributed by atoms with Crippen LogP contribution in [0.5, 0.6) is 5.75 Å². The van der Waals surface area contributed by atoms with Crippen molar-refractivity contribution in [1.82, 2.24) is 5.32 Å². The van der Waals surface area contributed by atoms with Gasteiger partial charge in [-0.3, -0.25) is 4.79 Å². The Bertz CT molecular complexity index is 687. The van der Waals surface area contributed by atoms with E-state index in [1.165, 1.54) is 0 Å². The van der Waals surface area contributed by atoms with E-state index in [1.807, 2.05) is 37.3 Å². The van der Waals surface area contributed by atoms with Crippen LogP contribution < -0.4 is 15.8 Å². The highest BCUT2D eigenvalue weighted by molar-refractivity contribution is 5.96. The van der Waals surface area contributed by atoms with Crippen LogP contribution in [0.4, 0.5) is 5.69 Å². The number of hydrogen-bond donors (Lipinski definition) is 2. The summed E-state index contributed by atoms with van der Waals surface area (Å²) in [6.07, 6.45) is 0. The van der Waals surface area contributed by atoms with Gasteiger partial charge in [-0.1, -0.05) is 32.0 Å². The molecule has 2 aromatic rings. The fraction of sp³-hybridized carbons (Fsp3) is 0.316. The molecule has 0 spiro atoms. The second-order valence-electron chi connectivity index (χ2n) is 6.11. The average molecular weight is 349 g/mol. The molecule has 1 amide bonds. The van der Waals surface area contributed by atoms with Crippen LogP contribution >= 0.6 is 12.4 Å². The molecule has 0 aliphatic heterocycles. The minimum absolute atomic E-state index is 0. The SMILES string of the molecule is Cc1ccc(N)cc1C(=O)NCc1cccc(OCC(C)C)c1.Cl. The largest absolute Gasteiger partial charge is 0.493 e. The number of rotatable bonds is 6. The quantitative estimate of drug-likeness (QED) is 0.776. The number of hydrogen-bond acceptors (Lipinski definition) is 3. The zero-order valence-corrected chi connectivity index (χ0v) is 15.2. The third-order valence-electron chi connectivity index (χ3n) is 3.44. The molecule has 0 atom stereocenters. The fourth-order valence-corrected chi connectivity index (χ4v) is 2.17. The van der Waals surface area contributed by atoms with E-state index in [0.29, 0.717) is 30.3 Å². The van der Waals surface area contributed by atoms with Gasteiger partial charge in [0.05, 0.1) is 6.61 Å². The van der Waals surface area contributed by atoms with E-state index < -0.39 is 0 Å². The number of ether oxygens (including phenoxy) is 1. The highest BCUT2D eigenvalue weighted by Gasteiger charge is 2.09. The highest BCUT2D eigenvalue weighted by Crippen LogP contribution is 2.15. The summed E-state index contributed by atoms with van der Waals surface area (Å²) < 4.78 is 5.71. The number of nitrogens with two attached hydrogens (primary N) is 1. The summed E-state index contributed by atoms with van der Waals surface area (Å²) in [5.74, 6) is 1.18. The van der Waals surface area contributed by atoms with E-state index in [1.54, 1.807) is 12.1 Å². The standard InChI is InChI=1S/C19H24N2O2.ClH/c1-13(2)12-23-17-6-4-5-15(9-17)11-21-19(22)18-10-16(20)8-7-14(18)3;/h4-10,13H,11-12,20H2,1-3H3,(H,21,22);1H. The Hall–Kier alpha value is -2.20. The van der Waals surface area contributed by atoms with Gasteiger partial charge < -0.3 is 15.8 Å². The molecule has 0 saturated carbocycles.